The average Bonchev–Trinajstić information content (AvgIpc) is 2.93. The van der Waals surface area contributed by atoms with Crippen LogP contribution in [0.2, 0.25) is 0 Å². The summed E-state index contributed by atoms with van der Waals surface area (Å²) < 4.78 is 2.57. The molecular weight excluding hydrogens is 328 g/mol. The van der Waals surface area contributed by atoms with E-state index in [-0.39, 0.29) is 5.91 Å². The van der Waals surface area contributed by atoms with E-state index < -0.39 is 0 Å². The highest BCUT2D eigenvalue weighted by Gasteiger charge is 2.13. The number of hydrogen-bond acceptors (Lipinski definition) is 4. The number of fused-ring (bicyclic) bond motifs is 1. The van der Waals surface area contributed by atoms with Crippen molar-refractivity contribution >= 4 is 43.8 Å². The second-order valence-electron chi connectivity index (χ2n) is 4.01. The standard InChI is InChI=1S/C12H9BrN4OS/c1-7-4-8(13)2-3-9(7)15-11(18)10-5-17-12(16-10)19-6-14-17/h2-6H,1H3,(H,15,18). The third-order valence-corrected chi connectivity index (χ3v) is 3.84. The smallest absolute Gasteiger partial charge is 0.275 e. The number of aryl methyl sites for hydroxylation is 1. The average molecular weight is 337 g/mol. The van der Waals surface area contributed by atoms with E-state index in [1.165, 1.54) is 11.3 Å². The maximum atomic E-state index is 12.1. The minimum atomic E-state index is -0.233. The van der Waals surface area contributed by atoms with Gasteiger partial charge in [-0.25, -0.2) is 9.50 Å². The van der Waals surface area contributed by atoms with E-state index in [1.54, 1.807) is 16.2 Å². The van der Waals surface area contributed by atoms with E-state index in [9.17, 15) is 4.79 Å². The van der Waals surface area contributed by atoms with Gasteiger partial charge in [0.1, 0.15) is 11.2 Å². The Hall–Kier alpha value is -1.73. The zero-order valence-corrected chi connectivity index (χ0v) is 12.3. The quantitative estimate of drug-likeness (QED) is 0.782. The number of amides is 1. The third kappa shape index (κ3) is 2.39. The summed E-state index contributed by atoms with van der Waals surface area (Å²) in [5, 5.41) is 6.89. The van der Waals surface area contributed by atoms with Gasteiger partial charge in [-0.1, -0.05) is 27.3 Å². The van der Waals surface area contributed by atoms with Gasteiger partial charge in [-0.05, 0) is 30.7 Å². The molecule has 3 rings (SSSR count). The Morgan fingerprint density at radius 2 is 2.32 bits per heavy atom. The van der Waals surface area contributed by atoms with Gasteiger partial charge in [-0.2, -0.15) is 5.10 Å². The minimum Gasteiger partial charge on any atom is -0.320 e. The van der Waals surface area contributed by atoms with Crippen LogP contribution in [-0.2, 0) is 0 Å². The van der Waals surface area contributed by atoms with Gasteiger partial charge in [-0.15, -0.1) is 0 Å². The van der Waals surface area contributed by atoms with Crippen LogP contribution in [0, 0.1) is 6.92 Å². The van der Waals surface area contributed by atoms with E-state index in [0.717, 1.165) is 15.7 Å². The molecule has 1 amide bonds. The van der Waals surface area contributed by atoms with E-state index in [0.29, 0.717) is 10.7 Å². The largest absolute Gasteiger partial charge is 0.320 e. The lowest BCUT2D eigenvalue weighted by Gasteiger charge is -2.07. The minimum absolute atomic E-state index is 0.233. The predicted octanol–water partition coefficient (Wildman–Crippen LogP) is 3.11. The van der Waals surface area contributed by atoms with Gasteiger partial charge >= 0.3 is 0 Å². The van der Waals surface area contributed by atoms with Crippen LogP contribution in [0.3, 0.4) is 0 Å². The first kappa shape index (κ1) is 12.3. The van der Waals surface area contributed by atoms with Gasteiger partial charge in [-0.3, -0.25) is 4.79 Å². The monoisotopic (exact) mass is 336 g/mol. The van der Waals surface area contributed by atoms with E-state index >= 15 is 0 Å². The highest BCUT2D eigenvalue weighted by molar-refractivity contribution is 9.10. The van der Waals surface area contributed by atoms with E-state index in [1.807, 2.05) is 25.1 Å². The molecule has 0 spiro atoms. The van der Waals surface area contributed by atoms with Gasteiger partial charge in [0.15, 0.2) is 0 Å². The third-order valence-electron chi connectivity index (χ3n) is 2.66. The molecule has 0 aliphatic heterocycles. The topological polar surface area (TPSA) is 59.3 Å². The molecule has 1 aromatic carbocycles. The molecule has 2 heterocycles. The lowest BCUT2D eigenvalue weighted by atomic mass is 10.2. The van der Waals surface area contributed by atoms with Crippen LogP contribution in [0.4, 0.5) is 5.69 Å². The van der Waals surface area contributed by atoms with Crippen LogP contribution in [0.5, 0.6) is 0 Å². The van der Waals surface area contributed by atoms with Crippen LogP contribution < -0.4 is 5.32 Å². The van der Waals surface area contributed by atoms with Crippen LogP contribution in [-0.4, -0.2) is 20.5 Å². The molecule has 96 valence electrons. The second kappa shape index (κ2) is 4.75. The Balaban J connectivity index is 1.86. The van der Waals surface area contributed by atoms with Crippen molar-refractivity contribution in [2.24, 2.45) is 0 Å². The van der Waals surface area contributed by atoms with Crippen molar-refractivity contribution in [3.8, 4) is 0 Å². The molecule has 0 aliphatic carbocycles. The van der Waals surface area contributed by atoms with Crippen molar-refractivity contribution in [1.29, 1.82) is 0 Å². The number of imidazole rings is 1. The lowest BCUT2D eigenvalue weighted by molar-refractivity contribution is 0.102. The molecular formula is C12H9BrN4OS. The molecule has 0 atom stereocenters. The van der Waals surface area contributed by atoms with Gasteiger partial charge in [0.25, 0.3) is 5.91 Å². The summed E-state index contributed by atoms with van der Waals surface area (Å²) in [6.07, 6.45) is 1.62. The molecule has 0 radical (unpaired) electrons. The van der Waals surface area contributed by atoms with Crippen LogP contribution in [0.1, 0.15) is 16.1 Å². The fourth-order valence-corrected chi connectivity index (χ4v) is 2.78. The highest BCUT2D eigenvalue weighted by atomic mass is 79.9. The Labute approximate surface area is 121 Å². The van der Waals surface area contributed by atoms with Crippen LogP contribution in [0.15, 0.2) is 34.4 Å². The van der Waals surface area contributed by atoms with Crippen molar-refractivity contribution < 1.29 is 4.79 Å². The molecule has 0 bridgehead atoms. The molecule has 1 N–H and O–H groups in total. The SMILES string of the molecule is Cc1cc(Br)ccc1NC(=O)c1cn2ncsc2n1. The second-order valence-corrected chi connectivity index (χ2v) is 5.73. The molecule has 0 aliphatic rings. The summed E-state index contributed by atoms with van der Waals surface area (Å²) in [6.45, 7) is 1.94. The number of carbonyl (C=O) groups is 1. The summed E-state index contributed by atoms with van der Waals surface area (Å²) in [4.78, 5) is 17.0. The number of nitrogens with zero attached hydrogens (tertiary/aromatic N) is 3. The normalized spacial score (nSPS) is 10.8. The Bertz CT molecular complexity index is 736. The number of hydrogen-bond donors (Lipinski definition) is 1. The van der Waals surface area contributed by atoms with Crippen molar-refractivity contribution in [2.45, 2.75) is 6.92 Å². The summed E-state index contributed by atoms with van der Waals surface area (Å²) in [6, 6.07) is 5.69. The first-order valence-corrected chi connectivity index (χ1v) is 7.17. The molecule has 0 fully saturated rings. The van der Waals surface area contributed by atoms with Gasteiger partial charge < -0.3 is 5.32 Å². The number of rotatable bonds is 2. The summed E-state index contributed by atoms with van der Waals surface area (Å²) >= 11 is 4.78. The lowest BCUT2D eigenvalue weighted by Crippen LogP contribution is -2.13. The Morgan fingerprint density at radius 1 is 1.47 bits per heavy atom. The first-order chi connectivity index (χ1) is 9.13. The highest BCUT2D eigenvalue weighted by Crippen LogP contribution is 2.20. The molecule has 7 heteroatoms. The maximum Gasteiger partial charge on any atom is 0.275 e. The Kier molecular flexibility index (Phi) is 3.08. The van der Waals surface area contributed by atoms with Crippen molar-refractivity contribution in [3.05, 3.63) is 45.6 Å². The molecule has 0 saturated carbocycles. The van der Waals surface area contributed by atoms with Gasteiger partial charge in [0, 0.05) is 10.2 Å². The zero-order chi connectivity index (χ0) is 13.4. The fraction of sp³-hybridized carbons (Fsp3) is 0.0833. The summed E-state index contributed by atoms with van der Waals surface area (Å²) in [5.74, 6) is -0.233. The number of halogens is 1. The molecule has 19 heavy (non-hydrogen) atoms. The number of anilines is 1. The maximum absolute atomic E-state index is 12.1. The van der Waals surface area contributed by atoms with Crippen LogP contribution in [0.25, 0.3) is 4.96 Å². The molecule has 2 aromatic heterocycles. The number of carbonyl (C=O) groups excluding carboxylic acids is 1. The van der Waals surface area contributed by atoms with Crippen LogP contribution >= 0.6 is 27.3 Å². The number of aromatic nitrogens is 3. The van der Waals surface area contributed by atoms with E-state index in [2.05, 4.69) is 31.3 Å². The number of nitrogens with one attached hydrogen (secondary N) is 1. The molecule has 5 nitrogen and oxygen atoms in total. The van der Waals surface area contributed by atoms with Gasteiger partial charge in [0.05, 0.1) is 6.20 Å². The predicted molar refractivity (Wildman–Crippen MR) is 77.7 cm³/mol. The molecule has 0 unspecified atom stereocenters. The first-order valence-electron chi connectivity index (χ1n) is 5.50. The van der Waals surface area contributed by atoms with Crippen molar-refractivity contribution in [2.75, 3.05) is 5.32 Å². The molecule has 3 aromatic rings. The van der Waals surface area contributed by atoms with Crippen molar-refractivity contribution in [3.63, 3.8) is 0 Å². The Morgan fingerprint density at radius 3 is 3.05 bits per heavy atom. The fourth-order valence-electron chi connectivity index (χ4n) is 1.70. The van der Waals surface area contributed by atoms with Crippen molar-refractivity contribution in [1.82, 2.24) is 14.6 Å². The number of benzene rings is 1. The van der Waals surface area contributed by atoms with Gasteiger partial charge in [0.2, 0.25) is 4.96 Å². The summed E-state index contributed by atoms with van der Waals surface area (Å²) in [5.41, 5.74) is 3.81. The molecule has 0 saturated heterocycles. The van der Waals surface area contributed by atoms with E-state index in [4.69, 9.17) is 0 Å². The summed E-state index contributed by atoms with van der Waals surface area (Å²) in [7, 11) is 0. The zero-order valence-electron chi connectivity index (χ0n) is 9.92.